The second kappa shape index (κ2) is 8.85. The second-order valence-corrected chi connectivity index (χ2v) is 7.66. The lowest BCUT2D eigenvalue weighted by atomic mass is 9.86. The monoisotopic (exact) mass is 418 g/mol. The van der Waals surface area contributed by atoms with Gasteiger partial charge in [-0.2, -0.15) is 5.10 Å². The molecule has 0 atom stereocenters. The number of halogens is 1. The first-order chi connectivity index (χ1) is 12.3. The van der Waals surface area contributed by atoms with E-state index in [0.29, 0.717) is 5.75 Å². The van der Waals surface area contributed by atoms with E-state index in [2.05, 4.69) is 47.2 Å². The molecule has 0 saturated carbocycles. The normalized spacial score (nSPS) is 11.4. The zero-order valence-electron chi connectivity index (χ0n) is 15.4. The molecule has 26 heavy (non-hydrogen) atoms. The molecule has 0 aromatic heterocycles. The first kappa shape index (κ1) is 20.0. The van der Waals surface area contributed by atoms with Crippen LogP contribution in [0.3, 0.4) is 0 Å². The smallest absolute Gasteiger partial charge is 0.277 e. The number of nitrogens with one attached hydrogen (secondary N) is 1. The first-order valence-corrected chi connectivity index (χ1v) is 8.97. The molecule has 1 N–H and O–H groups in total. The van der Waals surface area contributed by atoms with E-state index in [9.17, 15) is 4.79 Å². The molecule has 0 aliphatic rings. The Kier molecular flexibility index (Phi) is 6.80. The molecule has 6 heteroatoms. The van der Waals surface area contributed by atoms with Crippen LogP contribution >= 0.6 is 15.9 Å². The Bertz CT molecular complexity index is 798. The zero-order chi connectivity index (χ0) is 19.2. The van der Waals surface area contributed by atoms with Crippen molar-refractivity contribution >= 4 is 28.1 Å². The third-order valence-corrected chi connectivity index (χ3v) is 4.10. The Morgan fingerprint density at radius 1 is 1.23 bits per heavy atom. The fourth-order valence-corrected chi connectivity index (χ4v) is 2.65. The summed E-state index contributed by atoms with van der Waals surface area (Å²) >= 11 is 3.47. The van der Waals surface area contributed by atoms with Gasteiger partial charge in [-0.1, -0.05) is 48.8 Å². The number of hydrogen-bond acceptors (Lipinski definition) is 4. The largest absolute Gasteiger partial charge is 0.497 e. The minimum Gasteiger partial charge on any atom is -0.497 e. The van der Waals surface area contributed by atoms with Gasteiger partial charge in [0.05, 0.1) is 13.3 Å². The summed E-state index contributed by atoms with van der Waals surface area (Å²) in [6.45, 7) is 6.18. The molecule has 2 aromatic rings. The van der Waals surface area contributed by atoms with Gasteiger partial charge in [-0.15, -0.1) is 0 Å². The Hall–Kier alpha value is -2.34. The van der Waals surface area contributed by atoms with Crippen LogP contribution in [0.1, 0.15) is 31.9 Å². The molecular formula is C20H23BrN2O3. The van der Waals surface area contributed by atoms with E-state index in [1.54, 1.807) is 13.3 Å². The van der Waals surface area contributed by atoms with Gasteiger partial charge in [0.15, 0.2) is 6.61 Å². The minimum absolute atomic E-state index is 0.0971. The van der Waals surface area contributed by atoms with Gasteiger partial charge in [-0.25, -0.2) is 5.43 Å². The van der Waals surface area contributed by atoms with Crippen LogP contribution in [0, 0.1) is 0 Å². The van der Waals surface area contributed by atoms with Crippen LogP contribution in [0.5, 0.6) is 11.5 Å². The Balaban J connectivity index is 1.94. The number of nitrogens with zero attached hydrogens (tertiary/aromatic N) is 1. The van der Waals surface area contributed by atoms with Crippen molar-refractivity contribution in [2.24, 2.45) is 5.10 Å². The van der Waals surface area contributed by atoms with Crippen LogP contribution in [0.4, 0.5) is 0 Å². The zero-order valence-corrected chi connectivity index (χ0v) is 17.0. The van der Waals surface area contributed by atoms with E-state index in [1.165, 1.54) is 0 Å². The Morgan fingerprint density at radius 2 is 2.00 bits per heavy atom. The van der Waals surface area contributed by atoms with Crippen LogP contribution in [-0.2, 0) is 10.2 Å². The second-order valence-electron chi connectivity index (χ2n) is 6.75. The van der Waals surface area contributed by atoms with Crippen molar-refractivity contribution in [2.75, 3.05) is 13.7 Å². The molecule has 5 nitrogen and oxygen atoms in total. The van der Waals surface area contributed by atoms with Crippen LogP contribution in [0.2, 0.25) is 0 Å². The molecule has 0 radical (unpaired) electrons. The molecule has 0 aliphatic heterocycles. The molecule has 0 saturated heterocycles. The summed E-state index contributed by atoms with van der Waals surface area (Å²) in [5, 5.41) is 3.95. The molecule has 0 heterocycles. The standard InChI is InChI=1S/C20H23BrN2O3/c1-20(2,3)17-11-15(21)8-9-18(17)26-13-19(24)23-22-12-14-6-5-7-16(10-14)25-4/h5-12H,13H2,1-4H3,(H,23,24)/b22-12+. The predicted molar refractivity (Wildman–Crippen MR) is 107 cm³/mol. The highest BCUT2D eigenvalue weighted by atomic mass is 79.9. The maximum absolute atomic E-state index is 12.0. The number of hydrazone groups is 1. The van der Waals surface area contributed by atoms with E-state index in [-0.39, 0.29) is 17.9 Å². The Labute approximate surface area is 162 Å². The third kappa shape index (κ3) is 5.88. The Morgan fingerprint density at radius 3 is 2.69 bits per heavy atom. The summed E-state index contributed by atoms with van der Waals surface area (Å²) in [7, 11) is 1.60. The minimum atomic E-state index is -0.327. The quantitative estimate of drug-likeness (QED) is 0.562. The van der Waals surface area contributed by atoms with Gasteiger partial charge >= 0.3 is 0 Å². The fourth-order valence-electron chi connectivity index (χ4n) is 2.29. The summed E-state index contributed by atoms with van der Waals surface area (Å²) in [5.74, 6) is 1.09. The summed E-state index contributed by atoms with van der Waals surface area (Å²) in [6, 6.07) is 13.1. The van der Waals surface area contributed by atoms with Crippen LogP contribution in [0.25, 0.3) is 0 Å². The van der Waals surface area contributed by atoms with E-state index < -0.39 is 0 Å². The van der Waals surface area contributed by atoms with Crippen molar-refractivity contribution in [2.45, 2.75) is 26.2 Å². The molecule has 0 spiro atoms. The number of carbonyl (C=O) groups excluding carboxylic acids is 1. The van der Waals surface area contributed by atoms with E-state index in [1.807, 2.05) is 42.5 Å². The van der Waals surface area contributed by atoms with E-state index in [0.717, 1.165) is 21.3 Å². The average molecular weight is 419 g/mol. The van der Waals surface area contributed by atoms with Crippen LogP contribution in [-0.4, -0.2) is 25.8 Å². The topological polar surface area (TPSA) is 59.9 Å². The van der Waals surface area contributed by atoms with Crippen molar-refractivity contribution in [3.8, 4) is 11.5 Å². The molecule has 0 unspecified atom stereocenters. The number of carbonyl (C=O) groups is 1. The first-order valence-electron chi connectivity index (χ1n) is 8.18. The summed E-state index contributed by atoms with van der Waals surface area (Å²) < 4.78 is 11.8. The molecule has 0 aliphatic carbocycles. The lowest BCUT2D eigenvalue weighted by Gasteiger charge is -2.23. The summed E-state index contributed by atoms with van der Waals surface area (Å²) in [4.78, 5) is 12.0. The maximum atomic E-state index is 12.0. The number of benzene rings is 2. The number of amides is 1. The average Bonchev–Trinajstić information content (AvgIpc) is 2.60. The van der Waals surface area contributed by atoms with Gasteiger partial charge in [0.25, 0.3) is 5.91 Å². The molecule has 138 valence electrons. The fraction of sp³-hybridized carbons (Fsp3) is 0.300. The van der Waals surface area contributed by atoms with Crippen LogP contribution < -0.4 is 14.9 Å². The highest BCUT2D eigenvalue weighted by Gasteiger charge is 2.19. The van der Waals surface area contributed by atoms with Gasteiger partial charge in [0, 0.05) is 10.0 Å². The lowest BCUT2D eigenvalue weighted by molar-refractivity contribution is -0.123. The number of ether oxygens (including phenoxy) is 2. The van der Waals surface area contributed by atoms with Gasteiger partial charge in [0.2, 0.25) is 0 Å². The maximum Gasteiger partial charge on any atom is 0.277 e. The van der Waals surface area contributed by atoms with E-state index in [4.69, 9.17) is 9.47 Å². The lowest BCUT2D eigenvalue weighted by Crippen LogP contribution is -2.25. The number of methoxy groups -OCH3 is 1. The molecular weight excluding hydrogens is 396 g/mol. The van der Waals surface area contributed by atoms with Gasteiger partial charge < -0.3 is 9.47 Å². The molecule has 0 bridgehead atoms. The van der Waals surface area contributed by atoms with Gasteiger partial charge in [0.1, 0.15) is 11.5 Å². The third-order valence-electron chi connectivity index (χ3n) is 3.61. The van der Waals surface area contributed by atoms with Crippen molar-refractivity contribution in [3.63, 3.8) is 0 Å². The summed E-state index contributed by atoms with van der Waals surface area (Å²) in [6.07, 6.45) is 1.56. The van der Waals surface area contributed by atoms with Crippen molar-refractivity contribution in [1.82, 2.24) is 5.43 Å². The van der Waals surface area contributed by atoms with E-state index >= 15 is 0 Å². The highest BCUT2D eigenvalue weighted by Crippen LogP contribution is 2.33. The highest BCUT2D eigenvalue weighted by molar-refractivity contribution is 9.10. The van der Waals surface area contributed by atoms with Crippen molar-refractivity contribution in [1.29, 1.82) is 0 Å². The predicted octanol–water partition coefficient (Wildman–Crippen LogP) is 4.28. The van der Waals surface area contributed by atoms with Gasteiger partial charge in [-0.05, 0) is 41.3 Å². The summed E-state index contributed by atoms with van der Waals surface area (Å²) in [5.41, 5.74) is 4.22. The SMILES string of the molecule is COc1cccc(/C=N/NC(=O)COc2ccc(Br)cc2C(C)(C)C)c1. The number of hydrogen-bond donors (Lipinski definition) is 1. The van der Waals surface area contributed by atoms with Crippen molar-refractivity contribution < 1.29 is 14.3 Å². The van der Waals surface area contributed by atoms with Crippen molar-refractivity contribution in [3.05, 3.63) is 58.1 Å². The molecule has 1 amide bonds. The molecule has 2 aromatic carbocycles. The molecule has 2 rings (SSSR count). The number of rotatable bonds is 6. The van der Waals surface area contributed by atoms with Gasteiger partial charge in [-0.3, -0.25) is 4.79 Å². The van der Waals surface area contributed by atoms with Crippen LogP contribution in [0.15, 0.2) is 52.0 Å². The molecule has 0 fully saturated rings.